The Labute approximate surface area is 111 Å². The van der Waals surface area contributed by atoms with E-state index >= 15 is 0 Å². The van der Waals surface area contributed by atoms with E-state index in [2.05, 4.69) is 16.9 Å². The van der Waals surface area contributed by atoms with Crippen LogP contribution < -0.4 is 5.73 Å². The summed E-state index contributed by atoms with van der Waals surface area (Å²) in [6, 6.07) is 5.49. The molecule has 0 aliphatic carbocycles. The van der Waals surface area contributed by atoms with Crippen LogP contribution in [0.2, 0.25) is 0 Å². The van der Waals surface area contributed by atoms with Crippen LogP contribution in [0, 0.1) is 5.92 Å². The van der Waals surface area contributed by atoms with Gasteiger partial charge in [0.15, 0.2) is 0 Å². The maximum Gasteiger partial charge on any atom is 0.253 e. The van der Waals surface area contributed by atoms with E-state index in [-0.39, 0.29) is 11.9 Å². The topological polar surface area (TPSA) is 72.1 Å². The molecule has 2 heterocycles. The summed E-state index contributed by atoms with van der Waals surface area (Å²) < 4.78 is 0. The van der Waals surface area contributed by atoms with Gasteiger partial charge in [-0.25, -0.2) is 0 Å². The summed E-state index contributed by atoms with van der Waals surface area (Å²) in [5.41, 5.74) is 8.14. The third-order valence-electron chi connectivity index (χ3n) is 3.67. The predicted octanol–water partition coefficient (Wildman–Crippen LogP) is 1.05. The second kappa shape index (κ2) is 4.59. The summed E-state index contributed by atoms with van der Waals surface area (Å²) >= 11 is 0. The first kappa shape index (κ1) is 12.0. The van der Waals surface area contributed by atoms with E-state index in [4.69, 9.17) is 5.73 Å². The first-order valence-electron chi connectivity index (χ1n) is 6.41. The molecule has 98 valence electrons. The molecule has 2 atom stereocenters. The monoisotopic (exact) mass is 256 g/mol. The molecular formula is C14H16N4O. The summed E-state index contributed by atoms with van der Waals surface area (Å²) in [6.07, 6.45) is 3.27. The minimum atomic E-state index is 0.0207. The zero-order valence-electron chi connectivity index (χ0n) is 10.8. The highest BCUT2D eigenvalue weighted by Gasteiger charge is 2.30. The van der Waals surface area contributed by atoms with Crippen molar-refractivity contribution in [2.24, 2.45) is 11.7 Å². The number of hydrogen-bond donors (Lipinski definition) is 1. The van der Waals surface area contributed by atoms with Gasteiger partial charge in [0.25, 0.3) is 5.91 Å². The van der Waals surface area contributed by atoms with Gasteiger partial charge in [0.05, 0.1) is 11.0 Å². The smallest absolute Gasteiger partial charge is 0.253 e. The van der Waals surface area contributed by atoms with Crippen molar-refractivity contribution in [3.05, 3.63) is 36.2 Å². The first-order valence-corrected chi connectivity index (χ1v) is 6.41. The quantitative estimate of drug-likeness (QED) is 0.827. The second-order valence-corrected chi connectivity index (χ2v) is 5.11. The highest BCUT2D eigenvalue weighted by Crippen LogP contribution is 2.19. The summed E-state index contributed by atoms with van der Waals surface area (Å²) in [5, 5.41) is 0. The zero-order valence-corrected chi connectivity index (χ0v) is 10.8. The lowest BCUT2D eigenvalue weighted by Crippen LogP contribution is -2.32. The molecule has 1 aromatic carbocycles. The third kappa shape index (κ3) is 2.17. The standard InChI is InChI=1S/C14H16N4O/c1-9-7-18(8-11(9)15)14(19)10-2-3-12-13(6-10)17-5-4-16-12/h2-6,9,11H,7-8,15H2,1H3. The number of fused-ring (bicyclic) bond motifs is 1. The lowest BCUT2D eigenvalue weighted by atomic mass is 10.1. The molecular weight excluding hydrogens is 240 g/mol. The fourth-order valence-electron chi connectivity index (χ4n) is 2.44. The molecule has 1 aliphatic rings. The average molecular weight is 256 g/mol. The highest BCUT2D eigenvalue weighted by atomic mass is 16.2. The number of carbonyl (C=O) groups is 1. The van der Waals surface area contributed by atoms with Crippen molar-refractivity contribution in [1.82, 2.24) is 14.9 Å². The van der Waals surface area contributed by atoms with Gasteiger partial charge in [-0.1, -0.05) is 6.92 Å². The van der Waals surface area contributed by atoms with Crippen LogP contribution in [0.5, 0.6) is 0 Å². The molecule has 0 saturated carbocycles. The van der Waals surface area contributed by atoms with Gasteiger partial charge < -0.3 is 10.6 Å². The largest absolute Gasteiger partial charge is 0.337 e. The molecule has 5 nitrogen and oxygen atoms in total. The van der Waals surface area contributed by atoms with Crippen molar-refractivity contribution in [2.45, 2.75) is 13.0 Å². The van der Waals surface area contributed by atoms with Crippen molar-refractivity contribution >= 4 is 16.9 Å². The maximum atomic E-state index is 12.4. The van der Waals surface area contributed by atoms with E-state index in [9.17, 15) is 4.79 Å². The molecule has 1 saturated heterocycles. The number of nitrogens with two attached hydrogens (primary N) is 1. The van der Waals surface area contributed by atoms with E-state index in [1.54, 1.807) is 24.5 Å². The Kier molecular flexibility index (Phi) is 2.91. The van der Waals surface area contributed by atoms with Crippen LogP contribution in [0.3, 0.4) is 0 Å². The Balaban J connectivity index is 1.90. The van der Waals surface area contributed by atoms with Crippen LogP contribution in [-0.2, 0) is 0 Å². The molecule has 1 fully saturated rings. The summed E-state index contributed by atoms with van der Waals surface area (Å²) in [6.45, 7) is 3.42. The van der Waals surface area contributed by atoms with Crippen LogP contribution in [0.25, 0.3) is 11.0 Å². The van der Waals surface area contributed by atoms with Crippen LogP contribution in [0.1, 0.15) is 17.3 Å². The van der Waals surface area contributed by atoms with E-state index in [1.807, 2.05) is 11.0 Å². The number of carbonyl (C=O) groups excluding carboxylic acids is 1. The van der Waals surface area contributed by atoms with Crippen molar-refractivity contribution in [1.29, 1.82) is 0 Å². The SMILES string of the molecule is CC1CN(C(=O)c2ccc3nccnc3c2)CC1N. The van der Waals surface area contributed by atoms with Crippen molar-refractivity contribution < 1.29 is 4.79 Å². The third-order valence-corrected chi connectivity index (χ3v) is 3.67. The average Bonchev–Trinajstić information content (AvgIpc) is 2.77. The van der Waals surface area contributed by atoms with Gasteiger partial charge in [0.2, 0.25) is 0 Å². The van der Waals surface area contributed by atoms with E-state index < -0.39 is 0 Å². The van der Waals surface area contributed by atoms with Gasteiger partial charge >= 0.3 is 0 Å². The number of likely N-dealkylation sites (tertiary alicyclic amines) is 1. The lowest BCUT2D eigenvalue weighted by molar-refractivity contribution is 0.0787. The number of benzene rings is 1. The molecule has 0 radical (unpaired) electrons. The minimum absolute atomic E-state index is 0.0207. The van der Waals surface area contributed by atoms with Gasteiger partial charge in [-0.2, -0.15) is 0 Å². The lowest BCUT2D eigenvalue weighted by Gasteiger charge is -2.16. The normalized spacial score (nSPS) is 22.9. The number of aromatic nitrogens is 2. The Morgan fingerprint density at radius 2 is 2.00 bits per heavy atom. The molecule has 0 bridgehead atoms. The number of hydrogen-bond acceptors (Lipinski definition) is 4. The molecule has 3 rings (SSSR count). The molecule has 1 aliphatic heterocycles. The van der Waals surface area contributed by atoms with Crippen molar-refractivity contribution in [2.75, 3.05) is 13.1 Å². The molecule has 2 aromatic rings. The molecule has 2 N–H and O–H groups in total. The van der Waals surface area contributed by atoms with Gasteiger partial charge in [0.1, 0.15) is 0 Å². The van der Waals surface area contributed by atoms with Crippen molar-refractivity contribution in [3.8, 4) is 0 Å². The van der Waals surface area contributed by atoms with E-state index in [0.29, 0.717) is 18.0 Å². The van der Waals surface area contributed by atoms with Gasteiger partial charge in [-0.05, 0) is 24.1 Å². The van der Waals surface area contributed by atoms with Crippen molar-refractivity contribution in [3.63, 3.8) is 0 Å². The predicted molar refractivity (Wildman–Crippen MR) is 72.6 cm³/mol. The summed E-state index contributed by atoms with van der Waals surface area (Å²) in [7, 11) is 0. The Bertz CT molecular complexity index is 618. The van der Waals surface area contributed by atoms with E-state index in [1.165, 1.54) is 0 Å². The summed E-state index contributed by atoms with van der Waals surface area (Å²) in [5.74, 6) is 0.372. The molecule has 0 spiro atoms. The van der Waals surface area contributed by atoms with Crippen LogP contribution in [-0.4, -0.2) is 39.9 Å². The minimum Gasteiger partial charge on any atom is -0.337 e. The number of rotatable bonds is 1. The molecule has 1 aromatic heterocycles. The Hall–Kier alpha value is -2.01. The van der Waals surface area contributed by atoms with Crippen LogP contribution in [0.15, 0.2) is 30.6 Å². The van der Waals surface area contributed by atoms with Crippen LogP contribution in [0.4, 0.5) is 0 Å². The Morgan fingerprint density at radius 3 is 2.68 bits per heavy atom. The second-order valence-electron chi connectivity index (χ2n) is 5.11. The zero-order chi connectivity index (χ0) is 13.4. The summed E-state index contributed by atoms with van der Waals surface area (Å²) in [4.78, 5) is 22.6. The van der Waals surface area contributed by atoms with Gasteiger partial charge in [-0.15, -0.1) is 0 Å². The molecule has 1 amide bonds. The fourth-order valence-corrected chi connectivity index (χ4v) is 2.44. The number of amides is 1. The van der Waals surface area contributed by atoms with Crippen LogP contribution >= 0.6 is 0 Å². The van der Waals surface area contributed by atoms with Gasteiger partial charge in [0, 0.05) is 37.1 Å². The highest BCUT2D eigenvalue weighted by molar-refractivity contribution is 5.97. The Morgan fingerprint density at radius 1 is 1.26 bits per heavy atom. The molecule has 2 unspecified atom stereocenters. The van der Waals surface area contributed by atoms with Gasteiger partial charge in [-0.3, -0.25) is 14.8 Å². The maximum absolute atomic E-state index is 12.4. The number of nitrogens with zero attached hydrogens (tertiary/aromatic N) is 3. The first-order chi connectivity index (χ1) is 9.15. The fraction of sp³-hybridized carbons (Fsp3) is 0.357. The molecule has 5 heteroatoms. The molecule has 19 heavy (non-hydrogen) atoms. The van der Waals surface area contributed by atoms with E-state index in [0.717, 1.165) is 17.6 Å².